The fourth-order valence-corrected chi connectivity index (χ4v) is 4.35. The first-order valence-corrected chi connectivity index (χ1v) is 11.5. The lowest BCUT2D eigenvalue weighted by molar-refractivity contribution is 0.144. The van der Waals surface area contributed by atoms with Crippen molar-refractivity contribution in [3.8, 4) is 0 Å². The van der Waals surface area contributed by atoms with Gasteiger partial charge in [0.2, 0.25) is 0 Å². The number of alkyl halides is 2. The first-order chi connectivity index (χ1) is 12.2. The minimum Gasteiger partial charge on any atom is -0.247 e. The van der Waals surface area contributed by atoms with Crippen molar-refractivity contribution in [3.05, 3.63) is 0 Å². The van der Waals surface area contributed by atoms with Crippen molar-refractivity contribution >= 4 is 0 Å². The standard InChI is InChI=1S/2C8H15F.C8H16/c2*1-6-3-4-7(2)8(9)5-6;1-7-3-5-8(2)6-4-7/h2*6-8H,3-5H2,1-2H3;7-8H,3-6H2,1-2H3. The maximum absolute atomic E-state index is 12.8. The Morgan fingerprint density at radius 1 is 0.423 bits per heavy atom. The molecule has 0 spiro atoms. The third-order valence-electron chi connectivity index (χ3n) is 7.02. The van der Waals surface area contributed by atoms with Gasteiger partial charge in [-0.25, -0.2) is 8.78 Å². The third kappa shape index (κ3) is 9.70. The van der Waals surface area contributed by atoms with Gasteiger partial charge < -0.3 is 0 Å². The zero-order valence-electron chi connectivity index (χ0n) is 18.4. The van der Waals surface area contributed by atoms with Gasteiger partial charge in [-0.2, -0.15) is 0 Å². The highest BCUT2D eigenvalue weighted by atomic mass is 19.1. The minimum absolute atomic E-state index is 0.321. The van der Waals surface area contributed by atoms with E-state index in [4.69, 9.17) is 0 Å². The summed E-state index contributed by atoms with van der Waals surface area (Å²) < 4.78 is 25.7. The Morgan fingerprint density at radius 2 is 0.692 bits per heavy atom. The van der Waals surface area contributed by atoms with E-state index in [2.05, 4.69) is 27.7 Å². The van der Waals surface area contributed by atoms with Crippen LogP contribution in [0.5, 0.6) is 0 Å². The van der Waals surface area contributed by atoms with Crippen LogP contribution in [0.2, 0.25) is 0 Å². The summed E-state index contributed by atoms with van der Waals surface area (Å²) in [6.07, 6.45) is 11.1. The molecular weight excluding hydrogens is 326 g/mol. The first kappa shape index (κ1) is 23.9. The molecule has 0 amide bonds. The van der Waals surface area contributed by atoms with Gasteiger partial charge >= 0.3 is 0 Å². The predicted octanol–water partition coefficient (Wildman–Crippen LogP) is 8.39. The summed E-state index contributed by atoms with van der Waals surface area (Å²) >= 11 is 0. The van der Waals surface area contributed by atoms with E-state index >= 15 is 0 Å². The summed E-state index contributed by atoms with van der Waals surface area (Å²) in [4.78, 5) is 0. The molecule has 0 nitrogen and oxygen atoms in total. The van der Waals surface area contributed by atoms with Crippen LogP contribution < -0.4 is 0 Å². The van der Waals surface area contributed by atoms with E-state index in [1.54, 1.807) is 0 Å². The molecule has 0 aromatic carbocycles. The minimum atomic E-state index is -0.520. The van der Waals surface area contributed by atoms with Gasteiger partial charge in [0.05, 0.1) is 0 Å². The highest BCUT2D eigenvalue weighted by molar-refractivity contribution is 4.75. The molecule has 0 radical (unpaired) electrons. The maximum atomic E-state index is 12.8. The number of rotatable bonds is 0. The molecule has 156 valence electrons. The summed E-state index contributed by atoms with van der Waals surface area (Å²) in [5.41, 5.74) is 0. The van der Waals surface area contributed by atoms with Gasteiger partial charge in [-0.3, -0.25) is 0 Å². The van der Waals surface area contributed by atoms with Gasteiger partial charge in [-0.15, -0.1) is 0 Å². The van der Waals surface area contributed by atoms with Crippen LogP contribution in [0.15, 0.2) is 0 Å². The zero-order valence-corrected chi connectivity index (χ0v) is 18.4. The molecule has 6 atom stereocenters. The Bertz CT molecular complexity index is 314. The van der Waals surface area contributed by atoms with E-state index in [9.17, 15) is 8.78 Å². The highest BCUT2D eigenvalue weighted by Gasteiger charge is 2.25. The van der Waals surface area contributed by atoms with Crippen molar-refractivity contribution in [2.45, 2.75) is 118 Å². The fraction of sp³-hybridized carbons (Fsp3) is 1.00. The van der Waals surface area contributed by atoms with Crippen LogP contribution in [-0.4, -0.2) is 12.3 Å². The van der Waals surface area contributed by atoms with Crippen LogP contribution in [0.1, 0.15) is 106 Å². The molecule has 0 aromatic heterocycles. The van der Waals surface area contributed by atoms with E-state index in [0.29, 0.717) is 23.7 Å². The summed E-state index contributed by atoms with van der Waals surface area (Å²) in [6, 6.07) is 0. The smallest absolute Gasteiger partial charge is 0.103 e. The third-order valence-corrected chi connectivity index (χ3v) is 7.02. The topological polar surface area (TPSA) is 0 Å². The van der Waals surface area contributed by atoms with Crippen LogP contribution in [-0.2, 0) is 0 Å². The molecule has 0 bridgehead atoms. The molecule has 0 aliphatic heterocycles. The average Bonchev–Trinajstić information content (AvgIpc) is 2.59. The Balaban J connectivity index is 0.000000195. The Morgan fingerprint density at radius 3 is 0.923 bits per heavy atom. The summed E-state index contributed by atoms with van der Waals surface area (Å²) in [7, 11) is 0. The van der Waals surface area contributed by atoms with Crippen LogP contribution in [0.25, 0.3) is 0 Å². The Hall–Kier alpha value is -0.140. The monoisotopic (exact) mass is 372 g/mol. The van der Waals surface area contributed by atoms with Crippen LogP contribution in [0, 0.1) is 35.5 Å². The Kier molecular flexibility index (Phi) is 11.3. The van der Waals surface area contributed by atoms with Gasteiger partial charge in [-0.1, -0.05) is 80.1 Å². The molecule has 0 N–H and O–H groups in total. The molecule has 3 aliphatic rings. The number of hydrogen-bond acceptors (Lipinski definition) is 0. The van der Waals surface area contributed by atoms with Crippen molar-refractivity contribution < 1.29 is 8.78 Å². The summed E-state index contributed by atoms with van der Waals surface area (Å²) in [5.74, 6) is 3.92. The lowest BCUT2D eigenvalue weighted by Gasteiger charge is -2.26. The summed E-state index contributed by atoms with van der Waals surface area (Å²) in [5, 5.41) is 0. The molecule has 3 rings (SSSR count). The molecular formula is C24H46F2. The lowest BCUT2D eigenvalue weighted by atomic mass is 9.83. The van der Waals surface area contributed by atoms with Gasteiger partial charge in [0.15, 0.2) is 0 Å². The molecule has 26 heavy (non-hydrogen) atoms. The number of halogens is 2. The number of hydrogen-bond donors (Lipinski definition) is 0. The second kappa shape index (κ2) is 12.3. The van der Waals surface area contributed by atoms with Gasteiger partial charge in [-0.05, 0) is 61.2 Å². The highest BCUT2D eigenvalue weighted by Crippen LogP contribution is 2.31. The maximum Gasteiger partial charge on any atom is 0.103 e. The van der Waals surface area contributed by atoms with Crippen molar-refractivity contribution in [3.63, 3.8) is 0 Å². The van der Waals surface area contributed by atoms with Crippen molar-refractivity contribution in [2.75, 3.05) is 0 Å². The van der Waals surface area contributed by atoms with Gasteiger partial charge in [0.25, 0.3) is 0 Å². The first-order valence-electron chi connectivity index (χ1n) is 11.5. The normalized spacial score (nSPS) is 43.4. The zero-order chi connectivity index (χ0) is 19.7. The summed E-state index contributed by atoms with van der Waals surface area (Å²) in [6.45, 7) is 13.0. The van der Waals surface area contributed by atoms with Crippen LogP contribution in [0.3, 0.4) is 0 Å². The molecule has 0 saturated heterocycles. The molecule has 3 fully saturated rings. The van der Waals surface area contributed by atoms with E-state index in [0.717, 1.165) is 37.5 Å². The van der Waals surface area contributed by atoms with Crippen LogP contribution >= 0.6 is 0 Å². The largest absolute Gasteiger partial charge is 0.247 e. The van der Waals surface area contributed by atoms with E-state index < -0.39 is 12.3 Å². The molecule has 0 aromatic rings. The van der Waals surface area contributed by atoms with Crippen molar-refractivity contribution in [1.29, 1.82) is 0 Å². The lowest BCUT2D eigenvalue weighted by Crippen LogP contribution is -2.22. The van der Waals surface area contributed by atoms with Crippen molar-refractivity contribution in [1.82, 2.24) is 0 Å². The molecule has 3 aliphatic carbocycles. The molecule has 0 heterocycles. The second-order valence-electron chi connectivity index (χ2n) is 10.2. The van der Waals surface area contributed by atoms with E-state index in [1.165, 1.54) is 38.5 Å². The van der Waals surface area contributed by atoms with E-state index in [1.807, 2.05) is 13.8 Å². The van der Waals surface area contributed by atoms with E-state index in [-0.39, 0.29) is 0 Å². The predicted molar refractivity (Wildman–Crippen MR) is 111 cm³/mol. The molecule has 6 unspecified atom stereocenters. The van der Waals surface area contributed by atoms with Gasteiger partial charge in [0, 0.05) is 0 Å². The van der Waals surface area contributed by atoms with Crippen molar-refractivity contribution in [2.24, 2.45) is 35.5 Å². The second-order valence-corrected chi connectivity index (χ2v) is 10.2. The Labute approximate surface area is 162 Å². The molecule has 3 saturated carbocycles. The van der Waals surface area contributed by atoms with Gasteiger partial charge in [0.1, 0.15) is 12.3 Å². The SMILES string of the molecule is CC1CCC(C)C(F)C1.CC1CCC(C)C(F)C1.CC1CCC(C)CC1. The molecule has 2 heteroatoms. The average molecular weight is 373 g/mol. The van der Waals surface area contributed by atoms with Crippen LogP contribution in [0.4, 0.5) is 8.78 Å². The fourth-order valence-electron chi connectivity index (χ4n) is 4.35. The quantitative estimate of drug-likeness (QED) is 0.400.